The first-order valence-corrected chi connectivity index (χ1v) is 8.36. The fourth-order valence-electron chi connectivity index (χ4n) is 3.00. The molecule has 0 amide bonds. The van der Waals surface area contributed by atoms with Crippen LogP contribution < -0.4 is 9.47 Å². The van der Waals surface area contributed by atoms with Crippen molar-refractivity contribution in [1.29, 1.82) is 0 Å². The van der Waals surface area contributed by atoms with Gasteiger partial charge in [-0.15, -0.1) is 23.2 Å². The first-order valence-electron chi connectivity index (χ1n) is 7.60. The molecule has 2 rings (SSSR count). The van der Waals surface area contributed by atoms with Crippen LogP contribution in [0.2, 0.25) is 0 Å². The molecule has 4 heteroatoms. The number of rotatable bonds is 8. The molecule has 0 N–H and O–H groups in total. The van der Waals surface area contributed by atoms with Gasteiger partial charge in [-0.25, -0.2) is 0 Å². The van der Waals surface area contributed by atoms with Crippen LogP contribution in [0.5, 0.6) is 11.5 Å². The van der Waals surface area contributed by atoms with E-state index >= 15 is 0 Å². The van der Waals surface area contributed by atoms with E-state index in [9.17, 15) is 0 Å². The van der Waals surface area contributed by atoms with Crippen molar-refractivity contribution in [3.05, 3.63) is 23.8 Å². The van der Waals surface area contributed by atoms with E-state index in [1.807, 2.05) is 18.2 Å². The highest BCUT2D eigenvalue weighted by Gasteiger charge is 2.66. The molecule has 0 heterocycles. The number of unbranched alkanes of at least 4 members (excludes halogenated alkanes) is 3. The molecule has 1 aliphatic rings. The average molecular weight is 331 g/mol. The molecule has 0 bridgehead atoms. The Morgan fingerprint density at radius 2 is 1.57 bits per heavy atom. The summed E-state index contributed by atoms with van der Waals surface area (Å²) >= 11 is 13.0. The lowest BCUT2D eigenvalue weighted by molar-refractivity contribution is 0.391. The van der Waals surface area contributed by atoms with E-state index in [2.05, 4.69) is 6.92 Å². The smallest absolute Gasteiger partial charge is 0.129 e. The summed E-state index contributed by atoms with van der Waals surface area (Å²) < 4.78 is 10.1. The molecule has 2 nitrogen and oxygen atoms in total. The number of ether oxygens (including phenoxy) is 2. The summed E-state index contributed by atoms with van der Waals surface area (Å²) in [5.41, 5.74) is 0.964. The molecular formula is C17H24Cl2O2. The van der Waals surface area contributed by atoms with E-state index in [-0.39, 0.29) is 5.41 Å². The Kier molecular flexibility index (Phi) is 5.32. The van der Waals surface area contributed by atoms with Crippen LogP contribution in [0.4, 0.5) is 0 Å². The molecule has 0 radical (unpaired) electrons. The van der Waals surface area contributed by atoms with E-state index in [1.54, 1.807) is 14.2 Å². The highest BCUT2D eigenvalue weighted by molar-refractivity contribution is 6.52. The first kappa shape index (κ1) is 16.8. The van der Waals surface area contributed by atoms with Crippen LogP contribution in [0.1, 0.15) is 51.0 Å². The maximum atomic E-state index is 6.49. The Morgan fingerprint density at radius 1 is 1.00 bits per heavy atom. The molecule has 1 unspecified atom stereocenters. The quantitative estimate of drug-likeness (QED) is 0.463. The van der Waals surface area contributed by atoms with Gasteiger partial charge >= 0.3 is 0 Å². The van der Waals surface area contributed by atoms with E-state index in [4.69, 9.17) is 32.7 Å². The van der Waals surface area contributed by atoms with Crippen molar-refractivity contribution in [2.24, 2.45) is 0 Å². The molecule has 1 fully saturated rings. The van der Waals surface area contributed by atoms with E-state index in [0.717, 1.165) is 36.3 Å². The number of halogens is 2. The SMILES string of the molecule is CCCCCCC1(c2cc(OC)cc(OC)c2)CC1(Cl)Cl. The van der Waals surface area contributed by atoms with Crippen molar-refractivity contribution >= 4 is 23.2 Å². The molecule has 0 aliphatic heterocycles. The third kappa shape index (κ3) is 3.43. The standard InChI is InChI=1S/C17H24Cl2O2/c1-4-5-6-7-8-16(12-17(16,18)19)13-9-14(20-2)11-15(10-13)21-3/h9-11H,4-8,12H2,1-3H3. The van der Waals surface area contributed by atoms with Crippen LogP contribution in [0.3, 0.4) is 0 Å². The molecule has 21 heavy (non-hydrogen) atoms. The largest absolute Gasteiger partial charge is 0.497 e. The molecule has 1 atom stereocenters. The van der Waals surface area contributed by atoms with Gasteiger partial charge in [0.25, 0.3) is 0 Å². The number of methoxy groups -OCH3 is 2. The summed E-state index contributed by atoms with van der Waals surface area (Å²) in [6.45, 7) is 2.22. The predicted molar refractivity (Wildman–Crippen MR) is 89.0 cm³/mol. The van der Waals surface area contributed by atoms with Gasteiger partial charge in [0.05, 0.1) is 14.2 Å². The molecule has 118 valence electrons. The van der Waals surface area contributed by atoms with Gasteiger partial charge in [-0.05, 0) is 30.5 Å². The first-order chi connectivity index (χ1) is 9.99. The maximum absolute atomic E-state index is 6.49. The second-order valence-corrected chi connectivity index (χ2v) is 7.36. The van der Waals surface area contributed by atoms with E-state index < -0.39 is 4.33 Å². The summed E-state index contributed by atoms with van der Waals surface area (Å²) in [6.07, 6.45) is 6.67. The molecule has 0 saturated heterocycles. The minimum atomic E-state index is -0.670. The van der Waals surface area contributed by atoms with Crippen LogP contribution >= 0.6 is 23.2 Å². The van der Waals surface area contributed by atoms with E-state index in [1.165, 1.54) is 19.3 Å². The van der Waals surface area contributed by atoms with Crippen molar-refractivity contribution < 1.29 is 9.47 Å². The van der Waals surface area contributed by atoms with Gasteiger partial charge in [0.1, 0.15) is 15.8 Å². The van der Waals surface area contributed by atoms with Crippen LogP contribution in [-0.4, -0.2) is 18.6 Å². The summed E-state index contributed by atoms with van der Waals surface area (Å²) in [5.74, 6) is 1.57. The Morgan fingerprint density at radius 3 is 2.00 bits per heavy atom. The van der Waals surface area contributed by atoms with E-state index in [0.29, 0.717) is 0 Å². The zero-order valence-electron chi connectivity index (χ0n) is 13.0. The Bertz CT molecular complexity index is 465. The molecular weight excluding hydrogens is 307 g/mol. The average Bonchev–Trinajstić information content (AvgIpc) is 3.06. The number of hydrogen-bond donors (Lipinski definition) is 0. The zero-order chi connectivity index (χ0) is 15.5. The van der Waals surface area contributed by atoms with Crippen molar-refractivity contribution in [2.75, 3.05) is 14.2 Å². The van der Waals surface area contributed by atoms with Crippen LogP contribution in [0.25, 0.3) is 0 Å². The summed E-state index contributed by atoms with van der Waals surface area (Å²) in [7, 11) is 3.32. The number of alkyl halides is 2. The fourth-order valence-corrected chi connectivity index (χ4v) is 3.86. The second-order valence-electron chi connectivity index (χ2n) is 5.88. The van der Waals surface area contributed by atoms with Gasteiger partial charge in [0.2, 0.25) is 0 Å². The lowest BCUT2D eigenvalue weighted by atomic mass is 9.89. The minimum Gasteiger partial charge on any atom is -0.497 e. The van der Waals surface area contributed by atoms with Gasteiger partial charge in [-0.3, -0.25) is 0 Å². The molecule has 1 aromatic carbocycles. The third-order valence-corrected chi connectivity index (χ3v) is 5.45. The molecule has 1 aromatic rings. The summed E-state index contributed by atoms with van der Waals surface area (Å²) in [5, 5.41) is 0. The Balaban J connectivity index is 2.23. The Labute approximate surface area is 137 Å². The summed E-state index contributed by atoms with van der Waals surface area (Å²) in [6, 6.07) is 5.95. The topological polar surface area (TPSA) is 18.5 Å². The normalized spacial score (nSPS) is 22.9. The zero-order valence-corrected chi connectivity index (χ0v) is 14.6. The van der Waals surface area contributed by atoms with Gasteiger partial charge in [0.15, 0.2) is 0 Å². The monoisotopic (exact) mass is 330 g/mol. The predicted octanol–water partition coefficient (Wildman–Crippen LogP) is 5.49. The minimum absolute atomic E-state index is 0.161. The van der Waals surface area contributed by atoms with Gasteiger partial charge in [0, 0.05) is 11.5 Å². The van der Waals surface area contributed by atoms with Crippen molar-refractivity contribution in [1.82, 2.24) is 0 Å². The second kappa shape index (κ2) is 6.66. The maximum Gasteiger partial charge on any atom is 0.129 e. The highest BCUT2D eigenvalue weighted by Crippen LogP contribution is 2.67. The van der Waals surface area contributed by atoms with Crippen molar-refractivity contribution in [2.45, 2.75) is 55.2 Å². The summed E-state index contributed by atoms with van der Waals surface area (Å²) in [4.78, 5) is 0. The molecule has 0 aromatic heterocycles. The van der Waals surface area contributed by atoms with Crippen molar-refractivity contribution in [3.63, 3.8) is 0 Å². The van der Waals surface area contributed by atoms with Gasteiger partial charge < -0.3 is 9.47 Å². The molecule has 0 spiro atoms. The number of hydrogen-bond acceptors (Lipinski definition) is 2. The van der Waals surface area contributed by atoms with Crippen molar-refractivity contribution in [3.8, 4) is 11.5 Å². The molecule has 1 saturated carbocycles. The third-order valence-electron chi connectivity index (χ3n) is 4.46. The van der Waals surface area contributed by atoms with Crippen LogP contribution in [0.15, 0.2) is 18.2 Å². The fraction of sp³-hybridized carbons (Fsp3) is 0.647. The molecule has 1 aliphatic carbocycles. The van der Waals surface area contributed by atoms with Gasteiger partial charge in [-0.1, -0.05) is 32.6 Å². The lowest BCUT2D eigenvalue weighted by Gasteiger charge is -2.20. The highest BCUT2D eigenvalue weighted by atomic mass is 35.5. The number of benzene rings is 1. The Hall–Kier alpha value is -0.600. The van der Waals surface area contributed by atoms with Gasteiger partial charge in [-0.2, -0.15) is 0 Å². The van der Waals surface area contributed by atoms with Crippen LogP contribution in [0, 0.1) is 0 Å². The lowest BCUT2D eigenvalue weighted by Crippen LogP contribution is -2.15. The van der Waals surface area contributed by atoms with Crippen LogP contribution in [-0.2, 0) is 5.41 Å².